The van der Waals surface area contributed by atoms with Crippen molar-refractivity contribution in [3.05, 3.63) is 30.4 Å². The molecule has 1 fully saturated rings. The van der Waals surface area contributed by atoms with E-state index in [0.29, 0.717) is 0 Å². The van der Waals surface area contributed by atoms with E-state index in [0.717, 1.165) is 23.4 Å². The lowest BCUT2D eigenvalue weighted by atomic mass is 10.0. The largest absolute Gasteiger partial charge is 0.271 e. The normalized spacial score (nSPS) is 17.8. The van der Waals surface area contributed by atoms with Crippen LogP contribution in [0.25, 0.3) is 5.52 Å². The van der Waals surface area contributed by atoms with Crippen LogP contribution in [0.3, 0.4) is 0 Å². The number of hydrogen-bond acceptors (Lipinski definition) is 4. The van der Waals surface area contributed by atoms with Crippen LogP contribution in [-0.2, 0) is 0 Å². The first-order valence-electron chi connectivity index (χ1n) is 5.62. The van der Waals surface area contributed by atoms with Crippen LogP contribution in [-0.4, -0.2) is 14.6 Å². The van der Waals surface area contributed by atoms with Crippen molar-refractivity contribution in [1.82, 2.24) is 20.0 Å². The van der Waals surface area contributed by atoms with Gasteiger partial charge in [-0.05, 0) is 12.3 Å². The average Bonchev–Trinajstić information content (AvgIpc) is 3.04. The van der Waals surface area contributed by atoms with Crippen molar-refractivity contribution in [2.24, 2.45) is 11.8 Å². The molecule has 0 aliphatic heterocycles. The quantitative estimate of drug-likeness (QED) is 0.593. The van der Waals surface area contributed by atoms with Crippen LogP contribution >= 0.6 is 0 Å². The third-order valence-corrected chi connectivity index (χ3v) is 3.20. The third kappa shape index (κ3) is 1.68. The van der Waals surface area contributed by atoms with E-state index < -0.39 is 0 Å². The number of fused-ring (bicyclic) bond motifs is 1. The monoisotopic (exact) mass is 217 g/mol. The first-order chi connectivity index (χ1) is 7.88. The Labute approximate surface area is 93.6 Å². The number of nitrogens with two attached hydrogens (primary N) is 1. The zero-order valence-electron chi connectivity index (χ0n) is 9.00. The number of rotatable bonds is 4. The minimum Gasteiger partial charge on any atom is -0.271 e. The fourth-order valence-corrected chi connectivity index (χ4v) is 2.09. The van der Waals surface area contributed by atoms with Gasteiger partial charge in [0.25, 0.3) is 0 Å². The van der Waals surface area contributed by atoms with E-state index in [9.17, 15) is 0 Å². The van der Waals surface area contributed by atoms with Crippen LogP contribution < -0.4 is 11.3 Å². The number of nitrogens with one attached hydrogen (secondary N) is 1. The van der Waals surface area contributed by atoms with Crippen LogP contribution in [0.2, 0.25) is 0 Å². The standard InChI is InChI=1S/C11H15N5/c12-15-10(5-8-1-2-8)9-6-14-16-4-3-13-7-11(9)16/h3-4,6-8,10,15H,1-2,5,12H2. The van der Waals surface area contributed by atoms with Gasteiger partial charge in [-0.25, -0.2) is 4.52 Å². The van der Waals surface area contributed by atoms with Crippen molar-refractivity contribution < 1.29 is 0 Å². The summed E-state index contributed by atoms with van der Waals surface area (Å²) in [5.74, 6) is 6.45. The van der Waals surface area contributed by atoms with E-state index >= 15 is 0 Å². The van der Waals surface area contributed by atoms with Gasteiger partial charge in [-0.15, -0.1) is 0 Å². The lowest BCUT2D eigenvalue weighted by Crippen LogP contribution is -2.28. The highest BCUT2D eigenvalue weighted by molar-refractivity contribution is 5.53. The molecule has 3 rings (SSSR count). The Kier molecular flexibility index (Phi) is 2.34. The zero-order chi connectivity index (χ0) is 11.0. The Morgan fingerprint density at radius 3 is 3.12 bits per heavy atom. The van der Waals surface area contributed by atoms with Gasteiger partial charge in [-0.3, -0.25) is 16.3 Å². The topological polar surface area (TPSA) is 68.2 Å². The van der Waals surface area contributed by atoms with Crippen molar-refractivity contribution in [3.8, 4) is 0 Å². The summed E-state index contributed by atoms with van der Waals surface area (Å²) < 4.78 is 1.83. The maximum absolute atomic E-state index is 5.62. The van der Waals surface area contributed by atoms with Gasteiger partial charge in [0, 0.05) is 18.0 Å². The predicted octanol–water partition coefficient (Wildman–Crippen LogP) is 1.03. The van der Waals surface area contributed by atoms with Crippen LogP contribution in [0.15, 0.2) is 24.8 Å². The Bertz CT molecular complexity index is 488. The molecule has 0 spiro atoms. The molecule has 2 heterocycles. The average molecular weight is 217 g/mol. The molecule has 84 valence electrons. The minimum atomic E-state index is 0.189. The molecular weight excluding hydrogens is 202 g/mol. The summed E-state index contributed by atoms with van der Waals surface area (Å²) in [6.07, 6.45) is 11.0. The van der Waals surface area contributed by atoms with Gasteiger partial charge in [0.2, 0.25) is 0 Å². The lowest BCUT2D eigenvalue weighted by Gasteiger charge is -2.13. The van der Waals surface area contributed by atoms with Crippen LogP contribution in [0, 0.1) is 5.92 Å². The highest BCUT2D eigenvalue weighted by atomic mass is 15.3. The van der Waals surface area contributed by atoms with E-state index in [4.69, 9.17) is 5.84 Å². The van der Waals surface area contributed by atoms with Crippen molar-refractivity contribution >= 4 is 5.52 Å². The van der Waals surface area contributed by atoms with Gasteiger partial charge in [0.15, 0.2) is 0 Å². The molecular formula is C11H15N5. The molecule has 0 saturated heterocycles. The van der Waals surface area contributed by atoms with E-state index in [-0.39, 0.29) is 6.04 Å². The van der Waals surface area contributed by atoms with Crippen LogP contribution in [0.4, 0.5) is 0 Å². The zero-order valence-corrected chi connectivity index (χ0v) is 9.00. The summed E-state index contributed by atoms with van der Waals surface area (Å²) in [4.78, 5) is 4.13. The smallest absolute Gasteiger partial charge is 0.0893 e. The molecule has 1 aliphatic carbocycles. The van der Waals surface area contributed by atoms with Gasteiger partial charge in [0.1, 0.15) is 0 Å². The van der Waals surface area contributed by atoms with Gasteiger partial charge in [0.05, 0.1) is 24.0 Å². The van der Waals surface area contributed by atoms with Crippen molar-refractivity contribution in [2.75, 3.05) is 0 Å². The SMILES string of the molecule is NNC(CC1CC1)c1cnn2ccncc12. The highest BCUT2D eigenvalue weighted by Gasteiger charge is 2.27. The molecule has 1 atom stereocenters. The van der Waals surface area contributed by atoms with Gasteiger partial charge < -0.3 is 0 Å². The van der Waals surface area contributed by atoms with E-state index in [2.05, 4.69) is 15.5 Å². The molecule has 0 radical (unpaired) electrons. The molecule has 1 unspecified atom stereocenters. The lowest BCUT2D eigenvalue weighted by molar-refractivity contribution is 0.490. The van der Waals surface area contributed by atoms with Gasteiger partial charge >= 0.3 is 0 Å². The number of aromatic nitrogens is 3. The summed E-state index contributed by atoms with van der Waals surface area (Å²) in [5.41, 5.74) is 5.06. The van der Waals surface area contributed by atoms with Crippen molar-refractivity contribution in [2.45, 2.75) is 25.3 Å². The van der Waals surface area contributed by atoms with Crippen LogP contribution in [0.5, 0.6) is 0 Å². The molecule has 0 aromatic carbocycles. The first kappa shape index (κ1) is 9.74. The number of hydrazine groups is 1. The molecule has 5 nitrogen and oxygen atoms in total. The molecule has 16 heavy (non-hydrogen) atoms. The Morgan fingerprint density at radius 1 is 1.50 bits per heavy atom. The first-order valence-corrected chi connectivity index (χ1v) is 5.62. The van der Waals surface area contributed by atoms with E-state index in [1.165, 1.54) is 12.8 Å². The Hall–Kier alpha value is -1.46. The van der Waals surface area contributed by atoms with Crippen molar-refractivity contribution in [1.29, 1.82) is 0 Å². The molecule has 1 aliphatic rings. The minimum absolute atomic E-state index is 0.189. The fraction of sp³-hybridized carbons (Fsp3) is 0.455. The number of hydrogen-bond donors (Lipinski definition) is 2. The molecule has 2 aromatic rings. The molecule has 5 heteroatoms. The van der Waals surface area contributed by atoms with Crippen LogP contribution in [0.1, 0.15) is 30.9 Å². The second kappa shape index (κ2) is 3.84. The fourth-order valence-electron chi connectivity index (χ4n) is 2.09. The maximum Gasteiger partial charge on any atom is 0.0893 e. The molecule has 2 aromatic heterocycles. The predicted molar refractivity (Wildman–Crippen MR) is 60.4 cm³/mol. The third-order valence-electron chi connectivity index (χ3n) is 3.20. The van der Waals surface area contributed by atoms with E-state index in [1.54, 1.807) is 6.20 Å². The maximum atomic E-state index is 5.62. The summed E-state index contributed by atoms with van der Waals surface area (Å²) in [7, 11) is 0. The summed E-state index contributed by atoms with van der Waals surface area (Å²) >= 11 is 0. The second-order valence-electron chi connectivity index (χ2n) is 4.40. The van der Waals surface area contributed by atoms with Gasteiger partial charge in [-0.1, -0.05) is 12.8 Å². The summed E-state index contributed by atoms with van der Waals surface area (Å²) in [6.45, 7) is 0. The van der Waals surface area contributed by atoms with Crippen molar-refractivity contribution in [3.63, 3.8) is 0 Å². The molecule has 0 bridgehead atoms. The highest BCUT2D eigenvalue weighted by Crippen LogP contribution is 2.37. The summed E-state index contributed by atoms with van der Waals surface area (Å²) in [6, 6.07) is 0.189. The molecule has 0 amide bonds. The Balaban J connectivity index is 1.95. The molecule has 1 saturated carbocycles. The van der Waals surface area contributed by atoms with Gasteiger partial charge in [-0.2, -0.15) is 5.10 Å². The molecule has 3 N–H and O–H groups in total. The Morgan fingerprint density at radius 2 is 2.38 bits per heavy atom. The second-order valence-corrected chi connectivity index (χ2v) is 4.40. The summed E-state index contributed by atoms with van der Waals surface area (Å²) in [5, 5.41) is 4.30. The van der Waals surface area contributed by atoms with E-state index in [1.807, 2.05) is 23.1 Å². The number of nitrogens with zero attached hydrogens (tertiary/aromatic N) is 3.